The van der Waals surface area contributed by atoms with E-state index in [1.807, 2.05) is 15.7 Å². The molecule has 4 heterocycles. The van der Waals surface area contributed by atoms with E-state index in [-0.39, 0.29) is 17.9 Å². The van der Waals surface area contributed by atoms with Crippen molar-refractivity contribution in [1.29, 1.82) is 0 Å². The highest BCUT2D eigenvalue weighted by molar-refractivity contribution is 6.03. The largest absolute Gasteiger partial charge is 0.376 e. The van der Waals surface area contributed by atoms with Gasteiger partial charge >= 0.3 is 0 Å². The number of carbonyl (C=O) groups is 2. The third-order valence-corrected chi connectivity index (χ3v) is 4.85. The van der Waals surface area contributed by atoms with Crippen LogP contribution < -0.4 is 5.32 Å². The smallest absolute Gasteiger partial charge is 0.295 e. The van der Waals surface area contributed by atoms with Gasteiger partial charge in [-0.15, -0.1) is 5.11 Å². The van der Waals surface area contributed by atoms with Gasteiger partial charge in [0.05, 0.1) is 23.6 Å². The van der Waals surface area contributed by atoms with Gasteiger partial charge in [-0.3, -0.25) is 9.59 Å². The molecule has 1 N–H and O–H groups in total. The molecule has 1 saturated heterocycles. The minimum atomic E-state index is -0.605. The molecule has 2 amide bonds. The van der Waals surface area contributed by atoms with E-state index in [9.17, 15) is 9.59 Å². The number of hydrogen-bond donors (Lipinski definition) is 1. The number of fused-ring (bicyclic) bond motifs is 1. The molecule has 0 saturated carbocycles. The first-order valence-electron chi connectivity index (χ1n) is 9.20. The summed E-state index contributed by atoms with van der Waals surface area (Å²) in [5, 5.41) is 10.5. The molecular formula is C18H22N6O3. The summed E-state index contributed by atoms with van der Waals surface area (Å²) in [4.78, 5) is 30.5. The fraction of sp³-hybridized carbons (Fsp3) is 0.500. The number of nitrogens with one attached hydrogen (secondary N) is 1. The van der Waals surface area contributed by atoms with Crippen molar-refractivity contribution in [2.24, 2.45) is 10.2 Å². The molecular weight excluding hydrogens is 348 g/mol. The highest BCUT2D eigenvalue weighted by Crippen LogP contribution is 2.29. The molecule has 1 fully saturated rings. The van der Waals surface area contributed by atoms with Gasteiger partial charge in [-0.25, -0.2) is 4.98 Å². The number of amides is 2. The van der Waals surface area contributed by atoms with Crippen molar-refractivity contribution in [1.82, 2.24) is 19.8 Å². The van der Waals surface area contributed by atoms with E-state index in [4.69, 9.17) is 4.74 Å². The average molecular weight is 370 g/mol. The van der Waals surface area contributed by atoms with Gasteiger partial charge in [0, 0.05) is 51.0 Å². The van der Waals surface area contributed by atoms with Crippen LogP contribution in [0.1, 0.15) is 19.3 Å². The molecule has 0 bridgehead atoms. The molecule has 3 aliphatic heterocycles. The predicted octanol–water partition coefficient (Wildman–Crippen LogP) is 1.01. The van der Waals surface area contributed by atoms with Crippen molar-refractivity contribution in [3.63, 3.8) is 0 Å². The lowest BCUT2D eigenvalue weighted by Gasteiger charge is -2.27. The Bertz CT molecular complexity index is 792. The van der Waals surface area contributed by atoms with Crippen LogP contribution in [0.4, 0.5) is 0 Å². The summed E-state index contributed by atoms with van der Waals surface area (Å²) in [6.07, 6.45) is 11.8. The molecule has 1 aromatic heterocycles. The van der Waals surface area contributed by atoms with E-state index in [2.05, 4.69) is 20.5 Å². The third-order valence-electron chi connectivity index (χ3n) is 4.85. The van der Waals surface area contributed by atoms with E-state index in [0.717, 1.165) is 32.4 Å². The molecule has 4 rings (SSSR count). The van der Waals surface area contributed by atoms with Crippen molar-refractivity contribution < 1.29 is 14.3 Å². The number of imidazole rings is 1. The summed E-state index contributed by atoms with van der Waals surface area (Å²) >= 11 is 0. The fourth-order valence-electron chi connectivity index (χ4n) is 3.46. The highest BCUT2D eigenvalue weighted by atomic mass is 16.5. The number of rotatable bonds is 7. The molecule has 0 aromatic carbocycles. The summed E-state index contributed by atoms with van der Waals surface area (Å²) in [5.41, 5.74) is 0.891. The maximum absolute atomic E-state index is 12.7. The Morgan fingerprint density at radius 1 is 1.37 bits per heavy atom. The van der Waals surface area contributed by atoms with Crippen molar-refractivity contribution in [3.8, 4) is 0 Å². The van der Waals surface area contributed by atoms with Gasteiger partial charge < -0.3 is 19.5 Å². The molecule has 3 aliphatic rings. The van der Waals surface area contributed by atoms with Crippen LogP contribution in [0.25, 0.3) is 0 Å². The predicted molar refractivity (Wildman–Crippen MR) is 95.4 cm³/mol. The van der Waals surface area contributed by atoms with Crippen LogP contribution in [0.15, 0.2) is 52.5 Å². The third kappa shape index (κ3) is 3.97. The lowest BCUT2D eigenvalue weighted by molar-refractivity contribution is -0.117. The lowest BCUT2D eigenvalue weighted by atomic mass is 9.97. The van der Waals surface area contributed by atoms with Crippen LogP contribution in [0, 0.1) is 0 Å². The maximum atomic E-state index is 12.7. The molecule has 0 spiro atoms. The zero-order chi connectivity index (χ0) is 18.6. The molecule has 27 heavy (non-hydrogen) atoms. The number of aromatic nitrogens is 2. The molecule has 2 unspecified atom stereocenters. The summed E-state index contributed by atoms with van der Waals surface area (Å²) < 4.78 is 7.62. The van der Waals surface area contributed by atoms with Crippen molar-refractivity contribution in [2.75, 3.05) is 19.7 Å². The Morgan fingerprint density at radius 3 is 3.07 bits per heavy atom. The lowest BCUT2D eigenvalue weighted by Crippen LogP contribution is -2.36. The van der Waals surface area contributed by atoms with Gasteiger partial charge in [-0.05, 0) is 19.3 Å². The van der Waals surface area contributed by atoms with Crippen LogP contribution in [0.2, 0.25) is 0 Å². The van der Waals surface area contributed by atoms with E-state index in [1.165, 1.54) is 0 Å². The molecule has 2 atom stereocenters. The van der Waals surface area contributed by atoms with Crippen LogP contribution in [-0.2, 0) is 20.9 Å². The molecule has 0 radical (unpaired) electrons. The van der Waals surface area contributed by atoms with Gasteiger partial charge in [0.1, 0.15) is 6.04 Å². The Hall–Kier alpha value is -2.81. The first-order valence-corrected chi connectivity index (χ1v) is 9.20. The van der Waals surface area contributed by atoms with E-state index in [1.54, 1.807) is 24.9 Å². The second kappa shape index (κ2) is 7.83. The SMILES string of the molecule is O=C1N=NC2C1=CN(CC1CCCO1)C=C2C(=O)NCCCn1ccnc1. The minimum absolute atomic E-state index is 0.111. The summed E-state index contributed by atoms with van der Waals surface area (Å²) in [6.45, 7) is 2.67. The maximum Gasteiger partial charge on any atom is 0.295 e. The molecule has 9 nitrogen and oxygen atoms in total. The first kappa shape index (κ1) is 17.6. The van der Waals surface area contributed by atoms with Crippen molar-refractivity contribution in [3.05, 3.63) is 42.3 Å². The van der Waals surface area contributed by atoms with Gasteiger partial charge in [0.15, 0.2) is 0 Å². The van der Waals surface area contributed by atoms with Gasteiger partial charge in [0.25, 0.3) is 11.8 Å². The van der Waals surface area contributed by atoms with Gasteiger partial charge in [-0.2, -0.15) is 5.11 Å². The van der Waals surface area contributed by atoms with E-state index < -0.39 is 6.04 Å². The summed E-state index contributed by atoms with van der Waals surface area (Å²) in [7, 11) is 0. The normalized spacial score (nSPS) is 24.0. The highest BCUT2D eigenvalue weighted by Gasteiger charge is 2.37. The molecule has 1 aromatic rings. The monoisotopic (exact) mass is 370 g/mol. The Balaban J connectivity index is 1.38. The van der Waals surface area contributed by atoms with E-state index >= 15 is 0 Å². The van der Waals surface area contributed by atoms with Crippen LogP contribution >= 0.6 is 0 Å². The molecule has 142 valence electrons. The van der Waals surface area contributed by atoms with Gasteiger partial charge in [-0.1, -0.05) is 0 Å². The fourth-order valence-corrected chi connectivity index (χ4v) is 3.46. The number of nitrogens with zero attached hydrogens (tertiary/aromatic N) is 5. The first-order chi connectivity index (χ1) is 13.2. The second-order valence-corrected chi connectivity index (χ2v) is 6.83. The standard InChI is InChI=1S/C18H22N6O3/c25-17(20-4-2-6-23-7-5-19-12-23)14-10-24(9-13-3-1-8-27-13)11-15-16(14)21-22-18(15)26/h5,7,10-13,16H,1-4,6,8-9H2,(H,20,25). The van der Waals surface area contributed by atoms with Crippen LogP contribution in [-0.4, -0.2) is 58.1 Å². The number of ether oxygens (including phenoxy) is 1. The van der Waals surface area contributed by atoms with Crippen molar-refractivity contribution in [2.45, 2.75) is 38.0 Å². The molecule has 9 heteroatoms. The Labute approximate surface area is 156 Å². The topological polar surface area (TPSA) is 101 Å². The number of hydrogen-bond acceptors (Lipinski definition) is 6. The number of carbonyl (C=O) groups excluding carboxylic acids is 2. The van der Waals surface area contributed by atoms with Crippen LogP contribution in [0.5, 0.6) is 0 Å². The zero-order valence-electron chi connectivity index (χ0n) is 15.0. The van der Waals surface area contributed by atoms with Crippen LogP contribution in [0.3, 0.4) is 0 Å². The quantitative estimate of drug-likeness (QED) is 0.722. The van der Waals surface area contributed by atoms with Gasteiger partial charge in [0.2, 0.25) is 0 Å². The minimum Gasteiger partial charge on any atom is -0.376 e. The summed E-state index contributed by atoms with van der Waals surface area (Å²) in [6, 6.07) is -0.605. The molecule has 0 aliphatic carbocycles. The zero-order valence-corrected chi connectivity index (χ0v) is 15.0. The number of aryl methyl sites for hydroxylation is 1. The van der Waals surface area contributed by atoms with E-state index in [0.29, 0.717) is 24.2 Å². The Morgan fingerprint density at radius 2 is 2.30 bits per heavy atom. The average Bonchev–Trinajstić information content (AvgIpc) is 3.42. The Kier molecular flexibility index (Phi) is 5.10. The number of azo groups is 1. The summed E-state index contributed by atoms with van der Waals surface area (Å²) in [5.74, 6) is -0.599. The second-order valence-electron chi connectivity index (χ2n) is 6.83. The van der Waals surface area contributed by atoms with Crippen molar-refractivity contribution >= 4 is 11.8 Å².